The van der Waals surface area contributed by atoms with Crippen LogP contribution in [-0.4, -0.2) is 32.5 Å². The van der Waals surface area contributed by atoms with Gasteiger partial charge < -0.3 is 4.90 Å². The van der Waals surface area contributed by atoms with Gasteiger partial charge in [-0.2, -0.15) is 0 Å². The number of benzene rings is 1. The van der Waals surface area contributed by atoms with E-state index in [9.17, 15) is 8.42 Å². The van der Waals surface area contributed by atoms with Gasteiger partial charge in [0.25, 0.3) is 0 Å². The van der Waals surface area contributed by atoms with Crippen LogP contribution in [0, 0.1) is 6.92 Å². The fourth-order valence-corrected chi connectivity index (χ4v) is 3.19. The maximum Gasteiger partial charge on any atom is 0.240 e. The summed E-state index contributed by atoms with van der Waals surface area (Å²) in [6.07, 6.45) is 0. The minimum Gasteiger partial charge on any atom is -0.347 e. The lowest BCUT2D eigenvalue weighted by Crippen LogP contribution is -2.24. The first-order valence-corrected chi connectivity index (χ1v) is 8.89. The molecule has 0 saturated carbocycles. The summed E-state index contributed by atoms with van der Waals surface area (Å²) in [6, 6.07) is 5.87. The minimum atomic E-state index is -3.71. The number of halogens is 2. The van der Waals surface area contributed by atoms with E-state index in [1.165, 1.54) is 18.2 Å². The normalized spacial score (nSPS) is 11.5. The highest BCUT2D eigenvalue weighted by Gasteiger charge is 2.16. The molecule has 0 aliphatic rings. The number of anilines is 1. The molecule has 0 fully saturated rings. The zero-order valence-corrected chi connectivity index (χ0v) is 15.2. The van der Waals surface area contributed by atoms with Crippen molar-refractivity contribution in [2.75, 3.05) is 19.0 Å². The molecule has 1 N–H and O–H groups in total. The first-order valence-electron chi connectivity index (χ1n) is 6.65. The Morgan fingerprint density at radius 3 is 2.43 bits per heavy atom. The second kappa shape index (κ2) is 7.00. The van der Waals surface area contributed by atoms with E-state index in [0.29, 0.717) is 16.7 Å². The third kappa shape index (κ3) is 4.54. The Labute approximate surface area is 145 Å². The highest BCUT2D eigenvalue weighted by atomic mass is 35.5. The number of nitrogens with zero attached hydrogens (tertiary/aromatic N) is 3. The van der Waals surface area contributed by atoms with Crippen molar-refractivity contribution >= 4 is 39.2 Å². The van der Waals surface area contributed by atoms with E-state index in [-0.39, 0.29) is 16.5 Å². The van der Waals surface area contributed by atoms with Gasteiger partial charge in [-0.15, -0.1) is 0 Å². The van der Waals surface area contributed by atoms with Crippen LogP contribution in [0.1, 0.15) is 11.4 Å². The van der Waals surface area contributed by atoms with Gasteiger partial charge in [-0.3, -0.25) is 0 Å². The zero-order chi connectivity index (χ0) is 17.2. The van der Waals surface area contributed by atoms with Crippen molar-refractivity contribution in [3.05, 3.63) is 45.7 Å². The Kier molecular flexibility index (Phi) is 5.46. The van der Waals surface area contributed by atoms with Gasteiger partial charge in [-0.25, -0.2) is 23.1 Å². The van der Waals surface area contributed by atoms with Crippen LogP contribution >= 0.6 is 23.2 Å². The van der Waals surface area contributed by atoms with Gasteiger partial charge in [0.2, 0.25) is 16.0 Å². The summed E-state index contributed by atoms with van der Waals surface area (Å²) in [5.41, 5.74) is 1.33. The molecule has 2 aromatic rings. The topological polar surface area (TPSA) is 75.2 Å². The molecule has 1 heterocycles. The van der Waals surface area contributed by atoms with Crippen LogP contribution in [0.3, 0.4) is 0 Å². The summed E-state index contributed by atoms with van der Waals surface area (Å²) >= 11 is 11.7. The number of rotatable bonds is 5. The fraction of sp³-hybridized carbons (Fsp3) is 0.286. The molecule has 0 spiro atoms. The Bertz CT molecular complexity index is 826. The molecule has 6 nitrogen and oxygen atoms in total. The molecule has 0 bridgehead atoms. The van der Waals surface area contributed by atoms with Gasteiger partial charge in [0.15, 0.2) is 0 Å². The number of nitrogens with one attached hydrogen (secondary N) is 1. The number of hydrogen-bond donors (Lipinski definition) is 1. The van der Waals surface area contributed by atoms with Crippen molar-refractivity contribution in [1.29, 1.82) is 0 Å². The molecule has 0 amide bonds. The summed E-state index contributed by atoms with van der Waals surface area (Å²) in [4.78, 5) is 10.4. The van der Waals surface area contributed by atoms with Gasteiger partial charge in [-0.1, -0.05) is 23.2 Å². The average Bonchev–Trinajstić information content (AvgIpc) is 2.47. The summed E-state index contributed by atoms with van der Waals surface area (Å²) in [6.45, 7) is 1.87. The molecule has 0 saturated heterocycles. The molecule has 124 valence electrons. The predicted molar refractivity (Wildman–Crippen MR) is 91.6 cm³/mol. The third-order valence-corrected chi connectivity index (χ3v) is 5.08. The fourth-order valence-electron chi connectivity index (χ4n) is 1.80. The minimum absolute atomic E-state index is 0.0468. The summed E-state index contributed by atoms with van der Waals surface area (Å²) in [5, 5.41) is 0.481. The van der Waals surface area contributed by atoms with E-state index in [4.69, 9.17) is 23.2 Å². The average molecular weight is 375 g/mol. The van der Waals surface area contributed by atoms with Gasteiger partial charge in [-0.05, 0) is 31.2 Å². The molecule has 1 aromatic carbocycles. The van der Waals surface area contributed by atoms with Crippen molar-refractivity contribution in [2.45, 2.75) is 18.4 Å². The Hall–Kier alpha value is -1.41. The summed E-state index contributed by atoms with van der Waals surface area (Å²) in [7, 11) is -0.0750. The molecule has 9 heteroatoms. The van der Waals surface area contributed by atoms with E-state index in [1.54, 1.807) is 11.0 Å². The van der Waals surface area contributed by atoms with Crippen LogP contribution in [0.15, 0.2) is 29.2 Å². The first kappa shape index (κ1) is 17.9. The van der Waals surface area contributed by atoms with E-state index < -0.39 is 10.0 Å². The lowest BCUT2D eigenvalue weighted by Gasteiger charge is -2.13. The predicted octanol–water partition coefficient (Wildman–Crippen LogP) is 2.64. The maximum atomic E-state index is 12.3. The van der Waals surface area contributed by atoms with Crippen LogP contribution in [0.5, 0.6) is 0 Å². The van der Waals surface area contributed by atoms with Crippen LogP contribution in [0.4, 0.5) is 5.95 Å². The summed E-state index contributed by atoms with van der Waals surface area (Å²) < 4.78 is 27.1. The van der Waals surface area contributed by atoms with E-state index in [0.717, 1.165) is 5.69 Å². The Morgan fingerprint density at radius 2 is 1.83 bits per heavy atom. The van der Waals surface area contributed by atoms with Crippen molar-refractivity contribution in [1.82, 2.24) is 14.7 Å². The van der Waals surface area contributed by atoms with Crippen LogP contribution in [0.2, 0.25) is 10.0 Å². The maximum absolute atomic E-state index is 12.3. The molecule has 0 unspecified atom stereocenters. The second-order valence-corrected chi connectivity index (χ2v) is 7.68. The number of sulfonamides is 1. The van der Waals surface area contributed by atoms with E-state index in [1.807, 2.05) is 21.0 Å². The van der Waals surface area contributed by atoms with Crippen molar-refractivity contribution < 1.29 is 8.42 Å². The molecule has 2 rings (SSSR count). The Balaban J connectivity index is 2.20. The van der Waals surface area contributed by atoms with E-state index >= 15 is 0 Å². The summed E-state index contributed by atoms with van der Waals surface area (Å²) in [5.74, 6) is 0.522. The van der Waals surface area contributed by atoms with Gasteiger partial charge in [0, 0.05) is 19.8 Å². The number of hydrogen-bond acceptors (Lipinski definition) is 5. The third-order valence-electron chi connectivity index (χ3n) is 2.94. The van der Waals surface area contributed by atoms with Gasteiger partial charge >= 0.3 is 0 Å². The lowest BCUT2D eigenvalue weighted by molar-refractivity contribution is 0.580. The second-order valence-electron chi connectivity index (χ2n) is 5.10. The lowest BCUT2D eigenvalue weighted by atomic mass is 10.3. The molecule has 0 atom stereocenters. The molecule has 0 aliphatic heterocycles. The van der Waals surface area contributed by atoms with Crippen LogP contribution in [-0.2, 0) is 16.6 Å². The standard InChI is InChI=1S/C14H16Cl2N4O2S/c1-9-6-10(19-14(18-9)20(2)3)8-17-23(21,22)11-4-5-12(15)13(16)7-11/h4-7,17H,8H2,1-3H3. The zero-order valence-electron chi connectivity index (χ0n) is 12.8. The van der Waals surface area contributed by atoms with Gasteiger partial charge in [0.05, 0.1) is 27.2 Å². The monoisotopic (exact) mass is 374 g/mol. The first-order chi connectivity index (χ1) is 10.7. The number of aromatic nitrogens is 2. The molecular formula is C14H16Cl2N4O2S. The molecule has 0 radical (unpaired) electrons. The molecule has 1 aromatic heterocycles. The highest BCUT2D eigenvalue weighted by Crippen LogP contribution is 2.24. The smallest absolute Gasteiger partial charge is 0.240 e. The molecular weight excluding hydrogens is 359 g/mol. The number of aryl methyl sites for hydroxylation is 1. The Morgan fingerprint density at radius 1 is 1.13 bits per heavy atom. The quantitative estimate of drug-likeness (QED) is 0.870. The van der Waals surface area contributed by atoms with Crippen LogP contribution in [0.25, 0.3) is 0 Å². The van der Waals surface area contributed by atoms with Gasteiger partial charge in [0.1, 0.15) is 0 Å². The van der Waals surface area contributed by atoms with Crippen molar-refractivity contribution in [3.63, 3.8) is 0 Å². The SMILES string of the molecule is Cc1cc(CNS(=O)(=O)c2ccc(Cl)c(Cl)c2)nc(N(C)C)n1. The van der Waals surface area contributed by atoms with Crippen molar-refractivity contribution in [3.8, 4) is 0 Å². The van der Waals surface area contributed by atoms with Crippen molar-refractivity contribution in [2.24, 2.45) is 0 Å². The molecule has 23 heavy (non-hydrogen) atoms. The van der Waals surface area contributed by atoms with Crippen LogP contribution < -0.4 is 9.62 Å². The highest BCUT2D eigenvalue weighted by molar-refractivity contribution is 7.89. The molecule has 0 aliphatic carbocycles. The van der Waals surface area contributed by atoms with E-state index in [2.05, 4.69) is 14.7 Å². The largest absolute Gasteiger partial charge is 0.347 e.